The summed E-state index contributed by atoms with van der Waals surface area (Å²) in [6, 6.07) is 37.9. The van der Waals surface area contributed by atoms with Crippen LogP contribution in [0.3, 0.4) is 0 Å². The van der Waals surface area contributed by atoms with Crippen LogP contribution < -0.4 is 10.6 Å². The third kappa shape index (κ3) is 8.44. The molecule has 0 heterocycles. The molecule has 0 saturated carbocycles. The van der Waals surface area contributed by atoms with E-state index in [-0.39, 0.29) is 18.6 Å². The number of carbonyl (C=O) groups is 2. The Labute approximate surface area is 218 Å². The van der Waals surface area contributed by atoms with Gasteiger partial charge in [-0.1, -0.05) is 109 Å². The van der Waals surface area contributed by atoms with Crippen LogP contribution in [-0.2, 0) is 28.9 Å². The number of amides is 1. The Bertz CT molecular complexity index is 1230. The summed E-state index contributed by atoms with van der Waals surface area (Å²) in [6.45, 7) is 0.642. The molecule has 0 aliphatic carbocycles. The van der Waals surface area contributed by atoms with E-state index in [1.807, 2.05) is 97.1 Å². The number of ether oxygens (including phenoxy) is 1. The van der Waals surface area contributed by atoms with Gasteiger partial charge in [-0.25, -0.2) is 4.79 Å². The second kappa shape index (κ2) is 13.8. The highest BCUT2D eigenvalue weighted by Crippen LogP contribution is 2.09. The van der Waals surface area contributed by atoms with Gasteiger partial charge >= 0.3 is 5.97 Å². The molecule has 0 radical (unpaired) electrons. The van der Waals surface area contributed by atoms with Gasteiger partial charge in [0, 0.05) is 6.54 Å². The first-order chi connectivity index (χ1) is 18.2. The molecule has 0 aliphatic rings. The molecule has 0 fully saturated rings. The Morgan fingerprint density at radius 3 is 1.68 bits per heavy atom. The van der Waals surface area contributed by atoms with Gasteiger partial charge in [0.2, 0.25) is 5.91 Å². The lowest BCUT2D eigenvalue weighted by molar-refractivity contribution is -0.124. The molecule has 0 aromatic heterocycles. The van der Waals surface area contributed by atoms with Crippen LogP contribution in [0.4, 0.5) is 0 Å². The number of hydrogen-bond donors (Lipinski definition) is 2. The highest BCUT2D eigenvalue weighted by atomic mass is 16.5. The minimum atomic E-state index is -0.453. The van der Waals surface area contributed by atoms with Crippen LogP contribution in [0.15, 0.2) is 121 Å². The number of nitrogens with one attached hydrogen (secondary N) is 2. The van der Waals surface area contributed by atoms with Gasteiger partial charge in [-0.3, -0.25) is 4.79 Å². The minimum Gasteiger partial charge on any atom is -0.460 e. The van der Waals surface area contributed by atoms with E-state index in [1.165, 1.54) is 0 Å². The van der Waals surface area contributed by atoms with Crippen molar-refractivity contribution in [1.82, 2.24) is 10.6 Å². The molecule has 5 heteroatoms. The molecule has 188 valence electrons. The zero-order valence-electron chi connectivity index (χ0n) is 20.8. The number of rotatable bonds is 12. The van der Waals surface area contributed by atoms with E-state index in [0.29, 0.717) is 24.9 Å². The van der Waals surface area contributed by atoms with Crippen molar-refractivity contribution in [3.63, 3.8) is 0 Å². The average Bonchev–Trinajstić information content (AvgIpc) is 2.96. The molecule has 4 aromatic rings. The minimum absolute atomic E-state index is 0.0745. The quantitative estimate of drug-likeness (QED) is 0.274. The molecule has 5 nitrogen and oxygen atoms in total. The van der Waals surface area contributed by atoms with Gasteiger partial charge in [0.25, 0.3) is 0 Å². The summed E-state index contributed by atoms with van der Waals surface area (Å²) in [4.78, 5) is 26.1. The molecule has 0 saturated heterocycles. The molecule has 4 aromatic carbocycles. The lowest BCUT2D eigenvalue weighted by Crippen LogP contribution is -2.50. The second-order valence-corrected chi connectivity index (χ2v) is 8.97. The van der Waals surface area contributed by atoms with Gasteiger partial charge in [-0.15, -0.1) is 0 Å². The summed E-state index contributed by atoms with van der Waals surface area (Å²) >= 11 is 0. The van der Waals surface area contributed by atoms with Crippen LogP contribution in [-0.4, -0.2) is 30.6 Å². The average molecular weight is 493 g/mol. The van der Waals surface area contributed by atoms with Crippen LogP contribution in [0.5, 0.6) is 0 Å². The Kier molecular flexibility index (Phi) is 9.62. The summed E-state index contributed by atoms with van der Waals surface area (Å²) in [7, 11) is 0. The van der Waals surface area contributed by atoms with Crippen molar-refractivity contribution in [2.24, 2.45) is 0 Å². The molecule has 0 unspecified atom stereocenters. The van der Waals surface area contributed by atoms with Crippen molar-refractivity contribution in [3.05, 3.63) is 144 Å². The van der Waals surface area contributed by atoms with Gasteiger partial charge in [-0.05, 0) is 41.7 Å². The van der Waals surface area contributed by atoms with Crippen LogP contribution in [0, 0.1) is 0 Å². The number of hydrogen-bond acceptors (Lipinski definition) is 4. The first-order valence-electron chi connectivity index (χ1n) is 12.5. The van der Waals surface area contributed by atoms with Crippen molar-refractivity contribution < 1.29 is 14.3 Å². The van der Waals surface area contributed by atoms with E-state index < -0.39 is 12.0 Å². The summed E-state index contributed by atoms with van der Waals surface area (Å²) in [6.07, 6.45) is 1.09. The number of esters is 1. The van der Waals surface area contributed by atoms with Crippen LogP contribution in [0.2, 0.25) is 0 Å². The number of benzene rings is 4. The van der Waals surface area contributed by atoms with E-state index >= 15 is 0 Å². The largest absolute Gasteiger partial charge is 0.460 e. The first-order valence-corrected chi connectivity index (χ1v) is 12.5. The maximum atomic E-state index is 13.6. The Hall–Kier alpha value is -4.22. The Morgan fingerprint density at radius 2 is 1.11 bits per heavy atom. The van der Waals surface area contributed by atoms with Gasteiger partial charge in [0.05, 0.1) is 17.6 Å². The second-order valence-electron chi connectivity index (χ2n) is 8.97. The van der Waals surface area contributed by atoms with Crippen molar-refractivity contribution in [2.45, 2.75) is 31.5 Å². The third-order valence-electron chi connectivity index (χ3n) is 6.09. The fourth-order valence-electron chi connectivity index (χ4n) is 4.13. The lowest BCUT2D eigenvalue weighted by Gasteiger charge is -2.24. The fraction of sp³-hybridized carbons (Fsp3) is 0.188. The zero-order valence-corrected chi connectivity index (χ0v) is 20.8. The van der Waals surface area contributed by atoms with Crippen LogP contribution in [0.25, 0.3) is 0 Å². The maximum absolute atomic E-state index is 13.6. The molecular formula is C32H32N2O3. The van der Waals surface area contributed by atoms with E-state index in [1.54, 1.807) is 24.3 Å². The van der Waals surface area contributed by atoms with Crippen molar-refractivity contribution in [2.75, 3.05) is 6.61 Å². The molecule has 0 spiro atoms. The van der Waals surface area contributed by atoms with E-state index in [4.69, 9.17) is 4.74 Å². The van der Waals surface area contributed by atoms with Crippen LogP contribution in [0.1, 0.15) is 27.0 Å². The van der Waals surface area contributed by atoms with Gasteiger partial charge in [-0.2, -0.15) is 0 Å². The SMILES string of the molecule is O=C(OC[C@H](Cc1ccccc1)NC(=O)[C@H](Cc1ccccc1)NCc1ccccc1)c1ccccc1. The van der Waals surface area contributed by atoms with Gasteiger partial charge in [0.1, 0.15) is 6.61 Å². The molecule has 4 rings (SSSR count). The Morgan fingerprint density at radius 1 is 0.622 bits per heavy atom. The van der Waals surface area contributed by atoms with Gasteiger partial charge in [0.15, 0.2) is 0 Å². The fourth-order valence-corrected chi connectivity index (χ4v) is 4.13. The maximum Gasteiger partial charge on any atom is 0.338 e. The Balaban J connectivity index is 1.46. The monoisotopic (exact) mass is 492 g/mol. The summed E-state index contributed by atoms with van der Waals surface area (Å²) < 4.78 is 5.62. The van der Waals surface area contributed by atoms with E-state index in [2.05, 4.69) is 10.6 Å². The molecule has 1 amide bonds. The van der Waals surface area contributed by atoms with Crippen LogP contribution >= 0.6 is 0 Å². The molecule has 0 aliphatic heterocycles. The molecule has 37 heavy (non-hydrogen) atoms. The van der Waals surface area contributed by atoms with Crippen molar-refractivity contribution in [3.8, 4) is 0 Å². The molecule has 2 atom stereocenters. The predicted octanol–water partition coefficient (Wildman–Crippen LogP) is 4.97. The van der Waals surface area contributed by atoms with E-state index in [9.17, 15) is 9.59 Å². The highest BCUT2D eigenvalue weighted by molar-refractivity contribution is 5.89. The normalized spacial score (nSPS) is 12.3. The first kappa shape index (κ1) is 25.9. The summed E-state index contributed by atoms with van der Waals surface area (Å²) in [5.74, 6) is -0.535. The molecular weight excluding hydrogens is 460 g/mol. The van der Waals surface area contributed by atoms with Crippen molar-refractivity contribution in [1.29, 1.82) is 0 Å². The topological polar surface area (TPSA) is 67.4 Å². The smallest absolute Gasteiger partial charge is 0.338 e. The standard InChI is InChI=1S/C32H32N2O3/c35-31(30(22-26-15-7-2-8-16-26)33-23-27-17-9-3-10-18-27)34-29(21-25-13-5-1-6-14-25)24-37-32(36)28-19-11-4-12-20-28/h1-20,29-30,33H,21-24H2,(H,34,35)/t29-,30-/m0/s1. The van der Waals surface area contributed by atoms with Gasteiger partial charge < -0.3 is 15.4 Å². The zero-order chi connectivity index (χ0) is 25.7. The highest BCUT2D eigenvalue weighted by Gasteiger charge is 2.23. The number of carbonyl (C=O) groups excluding carboxylic acids is 2. The molecule has 0 bridgehead atoms. The van der Waals surface area contributed by atoms with Crippen molar-refractivity contribution >= 4 is 11.9 Å². The predicted molar refractivity (Wildman–Crippen MR) is 146 cm³/mol. The third-order valence-corrected chi connectivity index (χ3v) is 6.09. The lowest BCUT2D eigenvalue weighted by atomic mass is 10.0. The summed E-state index contributed by atoms with van der Waals surface area (Å²) in [5, 5.41) is 6.57. The van der Waals surface area contributed by atoms with E-state index in [0.717, 1.165) is 16.7 Å². The summed E-state index contributed by atoms with van der Waals surface area (Å²) in [5.41, 5.74) is 3.71. The molecule has 2 N–H and O–H groups in total.